The highest BCUT2D eigenvalue weighted by molar-refractivity contribution is 5.85. The molecule has 0 spiro atoms. The molecule has 2 N–H and O–H groups in total. The SMILES string of the molecule is CC(N)C(=O)N1CCC(C(C)(C)C)CC1.Cl. The number of carbonyl (C=O) groups is 1. The van der Waals surface area contributed by atoms with Gasteiger partial charge in [-0.15, -0.1) is 12.4 Å². The Hall–Kier alpha value is -0.280. The highest BCUT2D eigenvalue weighted by Crippen LogP contribution is 2.34. The monoisotopic (exact) mass is 248 g/mol. The molecule has 1 fully saturated rings. The van der Waals surface area contributed by atoms with Crippen molar-refractivity contribution in [1.29, 1.82) is 0 Å². The van der Waals surface area contributed by atoms with E-state index in [9.17, 15) is 4.79 Å². The summed E-state index contributed by atoms with van der Waals surface area (Å²) < 4.78 is 0. The Balaban J connectivity index is 0.00000225. The Morgan fingerprint density at radius 1 is 1.31 bits per heavy atom. The molecule has 0 aromatic carbocycles. The Morgan fingerprint density at radius 2 is 1.75 bits per heavy atom. The molecule has 1 rings (SSSR count). The molecule has 4 heteroatoms. The van der Waals surface area contributed by atoms with Gasteiger partial charge in [0.25, 0.3) is 0 Å². The zero-order valence-electron chi connectivity index (χ0n) is 10.8. The summed E-state index contributed by atoms with van der Waals surface area (Å²) in [5, 5.41) is 0. The Bertz CT molecular complexity index is 228. The van der Waals surface area contributed by atoms with Crippen LogP contribution in [0, 0.1) is 11.3 Å². The summed E-state index contributed by atoms with van der Waals surface area (Å²) >= 11 is 0. The van der Waals surface area contributed by atoms with E-state index in [1.165, 1.54) is 0 Å². The first-order chi connectivity index (χ1) is 6.82. The van der Waals surface area contributed by atoms with E-state index in [-0.39, 0.29) is 24.4 Å². The molecule has 1 aliphatic rings. The van der Waals surface area contributed by atoms with E-state index in [0.29, 0.717) is 5.41 Å². The summed E-state index contributed by atoms with van der Waals surface area (Å²) in [5.41, 5.74) is 5.96. The molecule has 1 saturated heterocycles. The van der Waals surface area contributed by atoms with Crippen molar-refractivity contribution in [3.63, 3.8) is 0 Å². The lowest BCUT2D eigenvalue weighted by Crippen LogP contribution is -2.47. The number of likely N-dealkylation sites (tertiary alicyclic amines) is 1. The Kier molecular flexibility index (Phi) is 5.77. The summed E-state index contributed by atoms with van der Waals surface area (Å²) in [6.07, 6.45) is 2.23. The maximum atomic E-state index is 11.7. The van der Waals surface area contributed by atoms with Crippen LogP contribution in [0.2, 0.25) is 0 Å². The molecule has 0 aromatic rings. The molecule has 0 aromatic heterocycles. The van der Waals surface area contributed by atoms with Crippen molar-refractivity contribution in [2.75, 3.05) is 13.1 Å². The van der Waals surface area contributed by atoms with E-state index in [2.05, 4.69) is 20.8 Å². The molecular weight excluding hydrogens is 224 g/mol. The van der Waals surface area contributed by atoms with Gasteiger partial charge in [-0.05, 0) is 31.1 Å². The van der Waals surface area contributed by atoms with Crippen molar-refractivity contribution in [2.24, 2.45) is 17.1 Å². The first kappa shape index (κ1) is 15.7. The number of amides is 1. The summed E-state index contributed by atoms with van der Waals surface area (Å²) in [6.45, 7) is 10.4. The van der Waals surface area contributed by atoms with E-state index >= 15 is 0 Å². The lowest BCUT2D eigenvalue weighted by molar-refractivity contribution is -0.134. The van der Waals surface area contributed by atoms with Crippen molar-refractivity contribution in [2.45, 2.75) is 46.6 Å². The predicted octanol–water partition coefficient (Wildman–Crippen LogP) is 2.04. The first-order valence-corrected chi connectivity index (χ1v) is 5.86. The normalized spacial score (nSPS) is 20.2. The zero-order chi connectivity index (χ0) is 11.6. The number of carbonyl (C=O) groups excluding carboxylic acids is 1. The highest BCUT2D eigenvalue weighted by Gasteiger charge is 2.30. The van der Waals surface area contributed by atoms with Crippen molar-refractivity contribution >= 4 is 18.3 Å². The van der Waals surface area contributed by atoms with Gasteiger partial charge in [-0.3, -0.25) is 4.79 Å². The van der Waals surface area contributed by atoms with Crippen LogP contribution in [0.1, 0.15) is 40.5 Å². The third kappa shape index (κ3) is 3.95. The van der Waals surface area contributed by atoms with Gasteiger partial charge in [-0.25, -0.2) is 0 Å². The Morgan fingerprint density at radius 3 is 2.06 bits per heavy atom. The average molecular weight is 249 g/mol. The van der Waals surface area contributed by atoms with Gasteiger partial charge < -0.3 is 10.6 Å². The summed E-state index contributed by atoms with van der Waals surface area (Å²) in [4.78, 5) is 13.6. The molecule has 0 saturated carbocycles. The molecule has 16 heavy (non-hydrogen) atoms. The number of piperidine rings is 1. The van der Waals surface area contributed by atoms with Crippen LogP contribution in [-0.4, -0.2) is 29.9 Å². The van der Waals surface area contributed by atoms with E-state index in [0.717, 1.165) is 31.8 Å². The summed E-state index contributed by atoms with van der Waals surface area (Å²) in [7, 11) is 0. The van der Waals surface area contributed by atoms with Crippen molar-refractivity contribution < 1.29 is 4.79 Å². The molecule has 0 radical (unpaired) electrons. The quantitative estimate of drug-likeness (QED) is 0.772. The second-order valence-electron chi connectivity index (χ2n) is 5.75. The van der Waals surface area contributed by atoms with Gasteiger partial charge in [0.1, 0.15) is 0 Å². The zero-order valence-corrected chi connectivity index (χ0v) is 11.6. The van der Waals surface area contributed by atoms with Crippen LogP contribution in [0.15, 0.2) is 0 Å². The smallest absolute Gasteiger partial charge is 0.239 e. The van der Waals surface area contributed by atoms with E-state index in [1.807, 2.05) is 4.90 Å². The van der Waals surface area contributed by atoms with Crippen LogP contribution < -0.4 is 5.73 Å². The molecular formula is C12H25ClN2O. The number of nitrogens with two attached hydrogens (primary N) is 1. The molecule has 0 bridgehead atoms. The number of hydrogen-bond donors (Lipinski definition) is 1. The number of rotatable bonds is 1. The Labute approximate surface area is 105 Å². The minimum absolute atomic E-state index is 0. The van der Waals surface area contributed by atoms with Gasteiger partial charge in [0.2, 0.25) is 5.91 Å². The maximum Gasteiger partial charge on any atom is 0.239 e. The van der Waals surface area contributed by atoms with Crippen LogP contribution in [-0.2, 0) is 4.79 Å². The van der Waals surface area contributed by atoms with Crippen LogP contribution in [0.3, 0.4) is 0 Å². The maximum absolute atomic E-state index is 11.7. The van der Waals surface area contributed by atoms with Gasteiger partial charge in [0, 0.05) is 13.1 Å². The largest absolute Gasteiger partial charge is 0.341 e. The fourth-order valence-electron chi connectivity index (χ4n) is 2.25. The molecule has 1 unspecified atom stereocenters. The minimum atomic E-state index is -0.351. The third-order valence-corrected chi connectivity index (χ3v) is 3.42. The van der Waals surface area contributed by atoms with Gasteiger partial charge >= 0.3 is 0 Å². The molecule has 3 nitrogen and oxygen atoms in total. The highest BCUT2D eigenvalue weighted by atomic mass is 35.5. The molecule has 1 aliphatic heterocycles. The molecule has 1 atom stereocenters. The van der Waals surface area contributed by atoms with E-state index in [4.69, 9.17) is 5.73 Å². The summed E-state index contributed by atoms with van der Waals surface area (Å²) in [5.74, 6) is 0.831. The topological polar surface area (TPSA) is 46.3 Å². The number of hydrogen-bond acceptors (Lipinski definition) is 2. The number of nitrogens with zero attached hydrogens (tertiary/aromatic N) is 1. The van der Waals surface area contributed by atoms with Crippen LogP contribution in [0.5, 0.6) is 0 Å². The second kappa shape index (κ2) is 5.87. The van der Waals surface area contributed by atoms with Crippen molar-refractivity contribution in [1.82, 2.24) is 4.90 Å². The van der Waals surface area contributed by atoms with Crippen LogP contribution in [0.4, 0.5) is 0 Å². The van der Waals surface area contributed by atoms with Gasteiger partial charge in [-0.1, -0.05) is 20.8 Å². The van der Waals surface area contributed by atoms with E-state index in [1.54, 1.807) is 6.92 Å². The predicted molar refractivity (Wildman–Crippen MR) is 69.7 cm³/mol. The minimum Gasteiger partial charge on any atom is -0.341 e. The average Bonchev–Trinajstić information content (AvgIpc) is 2.15. The van der Waals surface area contributed by atoms with Crippen molar-refractivity contribution in [3.8, 4) is 0 Å². The molecule has 96 valence electrons. The number of halogens is 1. The summed E-state index contributed by atoms with van der Waals surface area (Å²) in [6, 6.07) is -0.351. The first-order valence-electron chi connectivity index (χ1n) is 5.86. The lowest BCUT2D eigenvalue weighted by Gasteiger charge is -2.39. The second-order valence-corrected chi connectivity index (χ2v) is 5.75. The molecule has 1 amide bonds. The van der Waals surface area contributed by atoms with E-state index < -0.39 is 0 Å². The van der Waals surface area contributed by atoms with Gasteiger partial charge in [-0.2, -0.15) is 0 Å². The molecule has 0 aliphatic carbocycles. The van der Waals surface area contributed by atoms with Gasteiger partial charge in [0.05, 0.1) is 6.04 Å². The van der Waals surface area contributed by atoms with Crippen molar-refractivity contribution in [3.05, 3.63) is 0 Å². The van der Waals surface area contributed by atoms with Crippen LogP contribution >= 0.6 is 12.4 Å². The fourth-order valence-corrected chi connectivity index (χ4v) is 2.25. The third-order valence-electron chi connectivity index (χ3n) is 3.42. The fraction of sp³-hybridized carbons (Fsp3) is 0.917. The van der Waals surface area contributed by atoms with Gasteiger partial charge in [0.15, 0.2) is 0 Å². The standard InChI is InChI=1S/C12H24N2O.ClH/c1-9(13)11(15)14-7-5-10(6-8-14)12(2,3)4;/h9-10H,5-8,13H2,1-4H3;1H. The molecule has 1 heterocycles. The van der Waals surface area contributed by atoms with Crippen LogP contribution in [0.25, 0.3) is 0 Å². The lowest BCUT2D eigenvalue weighted by atomic mass is 9.75.